The van der Waals surface area contributed by atoms with Gasteiger partial charge in [0.25, 0.3) is 0 Å². The average Bonchev–Trinajstić information content (AvgIpc) is 2.51. The van der Waals surface area contributed by atoms with Gasteiger partial charge in [-0.25, -0.2) is 0 Å². The van der Waals surface area contributed by atoms with E-state index >= 15 is 0 Å². The quantitative estimate of drug-likeness (QED) is 0.241. The molecule has 0 radical (unpaired) electrons. The molecule has 3 nitrogen and oxygen atoms in total. The maximum atomic E-state index is 10.3. The Morgan fingerprint density at radius 1 is 0.957 bits per heavy atom. The van der Waals surface area contributed by atoms with Crippen molar-refractivity contribution >= 4 is 5.97 Å². The Morgan fingerprint density at radius 3 is 2.43 bits per heavy atom. The monoisotopic (exact) mass is 322 g/mol. The van der Waals surface area contributed by atoms with Crippen molar-refractivity contribution < 1.29 is 15.0 Å². The minimum atomic E-state index is -0.811. The van der Waals surface area contributed by atoms with Crippen LogP contribution in [-0.2, 0) is 4.79 Å². The number of aliphatic hydroxyl groups is 1. The molecule has 0 aliphatic carbocycles. The van der Waals surface area contributed by atoms with Crippen LogP contribution in [0, 0.1) is 0 Å². The van der Waals surface area contributed by atoms with Gasteiger partial charge >= 0.3 is 5.97 Å². The summed E-state index contributed by atoms with van der Waals surface area (Å²) in [6.07, 6.45) is 22.6. The van der Waals surface area contributed by atoms with Gasteiger partial charge in [-0.1, -0.05) is 75.5 Å². The summed E-state index contributed by atoms with van der Waals surface area (Å²) in [4.78, 5) is 10.3. The normalized spacial score (nSPS) is 13.5. The third-order valence-corrected chi connectivity index (χ3v) is 3.63. The first kappa shape index (κ1) is 21.6. The molecular formula is C20H34O3. The topological polar surface area (TPSA) is 57.5 Å². The standard InChI is InChI=1S/C20H34O3/c1-2-3-4-5-6-7-8-9-10-11-12-13-14-16-19(21)17-15-18-20(22)23/h9-10,12-14,16,19,21H,2-8,11,15,17-18H2,1H3,(H,22,23)/b10-9-,13-12-,16-14+/t19-/m1/s1. The highest BCUT2D eigenvalue weighted by molar-refractivity contribution is 5.66. The van der Waals surface area contributed by atoms with E-state index in [-0.39, 0.29) is 6.42 Å². The Bertz CT molecular complexity index is 356. The van der Waals surface area contributed by atoms with Crippen molar-refractivity contribution in [3.63, 3.8) is 0 Å². The molecule has 0 amide bonds. The molecule has 23 heavy (non-hydrogen) atoms. The van der Waals surface area contributed by atoms with Gasteiger partial charge in [-0.3, -0.25) is 4.79 Å². The fourth-order valence-electron chi connectivity index (χ4n) is 2.24. The van der Waals surface area contributed by atoms with Gasteiger partial charge in [0.15, 0.2) is 0 Å². The molecule has 1 atom stereocenters. The minimum absolute atomic E-state index is 0.115. The number of hydrogen-bond acceptors (Lipinski definition) is 2. The molecule has 3 heteroatoms. The van der Waals surface area contributed by atoms with Crippen LogP contribution < -0.4 is 0 Å². The summed E-state index contributed by atoms with van der Waals surface area (Å²) in [6, 6.07) is 0. The maximum Gasteiger partial charge on any atom is 0.303 e. The summed E-state index contributed by atoms with van der Waals surface area (Å²) < 4.78 is 0. The first-order valence-corrected chi connectivity index (χ1v) is 9.05. The third kappa shape index (κ3) is 18.6. The highest BCUT2D eigenvalue weighted by atomic mass is 16.4. The molecule has 0 aromatic rings. The summed E-state index contributed by atoms with van der Waals surface area (Å²) in [5.41, 5.74) is 0. The smallest absolute Gasteiger partial charge is 0.303 e. The Labute approximate surface area is 141 Å². The van der Waals surface area contributed by atoms with E-state index in [4.69, 9.17) is 5.11 Å². The van der Waals surface area contributed by atoms with E-state index in [9.17, 15) is 9.90 Å². The van der Waals surface area contributed by atoms with Crippen molar-refractivity contribution in [1.29, 1.82) is 0 Å². The average molecular weight is 322 g/mol. The molecule has 0 spiro atoms. The molecule has 2 N–H and O–H groups in total. The fourth-order valence-corrected chi connectivity index (χ4v) is 2.24. The van der Waals surface area contributed by atoms with Gasteiger partial charge in [-0.2, -0.15) is 0 Å². The van der Waals surface area contributed by atoms with E-state index in [1.807, 2.05) is 12.2 Å². The third-order valence-electron chi connectivity index (χ3n) is 3.63. The number of carboxylic acid groups (broad SMARTS) is 1. The summed E-state index contributed by atoms with van der Waals surface area (Å²) in [6.45, 7) is 2.24. The largest absolute Gasteiger partial charge is 0.481 e. The van der Waals surface area contributed by atoms with Crippen molar-refractivity contribution in [3.05, 3.63) is 36.5 Å². The Kier molecular flexibility index (Phi) is 16.0. The number of aliphatic hydroxyl groups excluding tert-OH is 1. The predicted octanol–water partition coefficient (Wildman–Crippen LogP) is 5.41. The number of unbranched alkanes of at least 4 members (excludes halogenated alkanes) is 6. The zero-order chi connectivity index (χ0) is 17.2. The van der Waals surface area contributed by atoms with Gasteiger partial charge in [0.2, 0.25) is 0 Å². The summed E-state index contributed by atoms with van der Waals surface area (Å²) in [5, 5.41) is 18.1. The lowest BCUT2D eigenvalue weighted by atomic mass is 10.1. The lowest BCUT2D eigenvalue weighted by molar-refractivity contribution is -0.137. The molecule has 0 aliphatic rings. The lowest BCUT2D eigenvalue weighted by Gasteiger charge is -2.02. The first-order valence-electron chi connectivity index (χ1n) is 9.05. The molecular weight excluding hydrogens is 288 g/mol. The van der Waals surface area contributed by atoms with Gasteiger partial charge < -0.3 is 10.2 Å². The van der Waals surface area contributed by atoms with Crippen molar-refractivity contribution in [2.45, 2.75) is 83.7 Å². The molecule has 0 saturated carbocycles. The molecule has 132 valence electrons. The van der Waals surface area contributed by atoms with E-state index in [0.29, 0.717) is 12.8 Å². The van der Waals surface area contributed by atoms with Crippen LogP contribution in [0.1, 0.15) is 77.6 Å². The van der Waals surface area contributed by atoms with Gasteiger partial charge in [-0.15, -0.1) is 0 Å². The van der Waals surface area contributed by atoms with Gasteiger partial charge in [0, 0.05) is 6.42 Å². The first-order chi connectivity index (χ1) is 11.2. The second kappa shape index (κ2) is 17.0. The lowest BCUT2D eigenvalue weighted by Crippen LogP contribution is -2.03. The van der Waals surface area contributed by atoms with Crippen LogP contribution in [0.15, 0.2) is 36.5 Å². The van der Waals surface area contributed by atoms with E-state index in [0.717, 1.165) is 12.8 Å². The minimum Gasteiger partial charge on any atom is -0.481 e. The SMILES string of the molecule is CCCCCCCC/C=C\C/C=C\C=C\[C@@H](O)CCCC(=O)O. The Balaban J connectivity index is 3.49. The van der Waals surface area contributed by atoms with Crippen LogP contribution >= 0.6 is 0 Å². The number of rotatable bonds is 15. The van der Waals surface area contributed by atoms with Crippen molar-refractivity contribution in [1.82, 2.24) is 0 Å². The van der Waals surface area contributed by atoms with Crippen LogP contribution in [0.5, 0.6) is 0 Å². The molecule has 0 bridgehead atoms. The molecule has 0 heterocycles. The molecule has 0 aliphatic heterocycles. The summed E-state index contributed by atoms with van der Waals surface area (Å²) in [5.74, 6) is -0.811. The van der Waals surface area contributed by atoms with Crippen molar-refractivity contribution in [2.75, 3.05) is 0 Å². The van der Waals surface area contributed by atoms with Crippen LogP contribution in [0.3, 0.4) is 0 Å². The molecule has 0 aromatic heterocycles. The highest BCUT2D eigenvalue weighted by Crippen LogP contribution is 2.07. The summed E-state index contributed by atoms with van der Waals surface area (Å²) >= 11 is 0. The zero-order valence-electron chi connectivity index (χ0n) is 14.6. The number of carboxylic acids is 1. The number of aliphatic carboxylic acids is 1. The van der Waals surface area contributed by atoms with E-state index in [1.165, 1.54) is 38.5 Å². The molecule has 0 rings (SSSR count). The molecule has 0 unspecified atom stereocenters. The van der Waals surface area contributed by atoms with Crippen molar-refractivity contribution in [3.8, 4) is 0 Å². The number of hydrogen-bond donors (Lipinski definition) is 2. The van der Waals surface area contributed by atoms with Crippen LogP contribution in [0.2, 0.25) is 0 Å². The van der Waals surface area contributed by atoms with E-state index < -0.39 is 12.1 Å². The fraction of sp³-hybridized carbons (Fsp3) is 0.650. The zero-order valence-corrected chi connectivity index (χ0v) is 14.6. The van der Waals surface area contributed by atoms with Gasteiger partial charge in [-0.05, 0) is 32.1 Å². The Morgan fingerprint density at radius 2 is 1.70 bits per heavy atom. The number of allylic oxidation sites excluding steroid dienone is 5. The van der Waals surface area contributed by atoms with E-state index in [1.54, 1.807) is 6.08 Å². The maximum absolute atomic E-state index is 10.3. The van der Waals surface area contributed by atoms with Gasteiger partial charge in [0.1, 0.15) is 0 Å². The predicted molar refractivity (Wildman–Crippen MR) is 97.5 cm³/mol. The van der Waals surface area contributed by atoms with Gasteiger partial charge in [0.05, 0.1) is 6.10 Å². The van der Waals surface area contributed by atoms with E-state index in [2.05, 4.69) is 25.2 Å². The summed E-state index contributed by atoms with van der Waals surface area (Å²) in [7, 11) is 0. The second-order valence-electron chi connectivity index (χ2n) is 5.93. The second-order valence-corrected chi connectivity index (χ2v) is 5.93. The van der Waals surface area contributed by atoms with Crippen molar-refractivity contribution in [2.24, 2.45) is 0 Å². The highest BCUT2D eigenvalue weighted by Gasteiger charge is 2.01. The molecule has 0 aromatic carbocycles. The molecule has 0 fully saturated rings. The Hall–Kier alpha value is -1.35. The molecule has 0 saturated heterocycles. The van der Waals surface area contributed by atoms with Crippen LogP contribution in [-0.4, -0.2) is 22.3 Å². The van der Waals surface area contributed by atoms with Crippen LogP contribution in [0.4, 0.5) is 0 Å². The number of carbonyl (C=O) groups is 1. The van der Waals surface area contributed by atoms with Crippen LogP contribution in [0.25, 0.3) is 0 Å².